The molecule has 0 amide bonds. The number of carbonyl (C=O) groups is 3. The van der Waals surface area contributed by atoms with Crippen LogP contribution in [-0.4, -0.2) is 37.2 Å². The van der Waals surface area contributed by atoms with E-state index in [-0.39, 0.29) is 37.5 Å². The molecule has 0 heterocycles. The molecule has 0 aromatic carbocycles. The van der Waals surface area contributed by atoms with Gasteiger partial charge < -0.3 is 14.2 Å². The highest BCUT2D eigenvalue weighted by Crippen LogP contribution is 2.15. The summed E-state index contributed by atoms with van der Waals surface area (Å²) in [5.74, 6) is -0.965. The van der Waals surface area contributed by atoms with Crippen molar-refractivity contribution >= 4 is 17.9 Å². The van der Waals surface area contributed by atoms with Crippen LogP contribution in [0.4, 0.5) is 0 Å². The lowest BCUT2D eigenvalue weighted by molar-refractivity contribution is -0.167. The number of hydrogen-bond acceptors (Lipinski definition) is 6. The molecule has 0 spiro atoms. The van der Waals surface area contributed by atoms with Crippen molar-refractivity contribution in [3.8, 4) is 0 Å². The first-order valence-electron chi connectivity index (χ1n) is 28.2. The molecular weight excluding hydrogens is 841 g/mol. The van der Waals surface area contributed by atoms with Crippen molar-refractivity contribution < 1.29 is 28.6 Å². The first-order chi connectivity index (χ1) is 33.5. The zero-order chi connectivity index (χ0) is 49.3. The molecule has 0 aliphatic rings. The minimum absolute atomic E-state index is 0.0985. The molecule has 0 aliphatic carbocycles. The summed E-state index contributed by atoms with van der Waals surface area (Å²) in [5, 5.41) is 0. The summed E-state index contributed by atoms with van der Waals surface area (Å²) >= 11 is 0. The summed E-state index contributed by atoms with van der Waals surface area (Å²) in [6, 6.07) is 0. The molecule has 0 bridgehead atoms. The minimum Gasteiger partial charge on any atom is -0.462 e. The molecule has 1 unspecified atom stereocenters. The van der Waals surface area contributed by atoms with Crippen molar-refractivity contribution in [3.05, 3.63) is 97.2 Å². The third kappa shape index (κ3) is 53.3. The Bertz CT molecular complexity index is 1360. The molecule has 0 saturated heterocycles. The van der Waals surface area contributed by atoms with Crippen molar-refractivity contribution in [1.29, 1.82) is 0 Å². The van der Waals surface area contributed by atoms with Gasteiger partial charge in [0, 0.05) is 19.3 Å². The molecule has 1 atom stereocenters. The van der Waals surface area contributed by atoms with Crippen LogP contribution in [0.25, 0.3) is 0 Å². The molecule has 388 valence electrons. The third-order valence-electron chi connectivity index (χ3n) is 11.8. The monoisotopic (exact) mass is 945 g/mol. The molecule has 0 aromatic heterocycles. The predicted molar refractivity (Wildman–Crippen MR) is 293 cm³/mol. The number of rotatable bonds is 50. The molecule has 0 aromatic rings. The van der Waals surface area contributed by atoms with Crippen LogP contribution in [-0.2, 0) is 28.6 Å². The van der Waals surface area contributed by atoms with Gasteiger partial charge in [-0.25, -0.2) is 0 Å². The van der Waals surface area contributed by atoms with Gasteiger partial charge in [0.05, 0.1) is 0 Å². The fourth-order valence-electron chi connectivity index (χ4n) is 7.60. The number of allylic oxidation sites excluding steroid dienone is 16. The second-order valence-electron chi connectivity index (χ2n) is 18.5. The molecular formula is C62H104O6. The van der Waals surface area contributed by atoms with Crippen LogP contribution in [0.3, 0.4) is 0 Å². The van der Waals surface area contributed by atoms with Crippen molar-refractivity contribution in [2.45, 2.75) is 264 Å². The van der Waals surface area contributed by atoms with Crippen LogP contribution in [0, 0.1) is 0 Å². The number of esters is 3. The normalized spacial score (nSPS) is 12.8. The molecule has 68 heavy (non-hydrogen) atoms. The molecule has 0 rings (SSSR count). The average molecular weight is 946 g/mol. The Morgan fingerprint density at radius 3 is 0.985 bits per heavy atom. The van der Waals surface area contributed by atoms with Crippen LogP contribution >= 0.6 is 0 Å². The Morgan fingerprint density at radius 1 is 0.309 bits per heavy atom. The van der Waals surface area contributed by atoms with E-state index < -0.39 is 6.10 Å². The summed E-state index contributed by atoms with van der Waals surface area (Å²) in [6.07, 6.45) is 74.0. The van der Waals surface area contributed by atoms with Crippen LogP contribution in [0.15, 0.2) is 97.2 Å². The van der Waals surface area contributed by atoms with Gasteiger partial charge in [0.2, 0.25) is 0 Å². The van der Waals surface area contributed by atoms with E-state index in [0.29, 0.717) is 19.3 Å². The zero-order valence-electron chi connectivity index (χ0n) is 44.3. The van der Waals surface area contributed by atoms with Crippen molar-refractivity contribution in [2.24, 2.45) is 0 Å². The molecule has 6 heteroatoms. The number of hydrogen-bond donors (Lipinski definition) is 0. The summed E-state index contributed by atoms with van der Waals surface area (Å²) in [4.78, 5) is 38.1. The van der Waals surface area contributed by atoms with E-state index in [1.54, 1.807) is 0 Å². The van der Waals surface area contributed by atoms with E-state index in [2.05, 4.69) is 118 Å². The first-order valence-corrected chi connectivity index (χ1v) is 28.2. The molecule has 0 radical (unpaired) electrons. The lowest BCUT2D eigenvalue weighted by atomic mass is 10.0. The van der Waals surface area contributed by atoms with Crippen LogP contribution in [0.1, 0.15) is 258 Å². The number of unbranched alkanes of at least 4 members (excludes halogenated alkanes) is 23. The van der Waals surface area contributed by atoms with Crippen LogP contribution < -0.4 is 0 Å². The van der Waals surface area contributed by atoms with Gasteiger partial charge in [-0.2, -0.15) is 0 Å². The summed E-state index contributed by atoms with van der Waals surface area (Å²) in [5.41, 5.74) is 0. The largest absolute Gasteiger partial charge is 0.462 e. The van der Waals surface area contributed by atoms with Gasteiger partial charge >= 0.3 is 17.9 Å². The first kappa shape index (κ1) is 64.3. The lowest BCUT2D eigenvalue weighted by Gasteiger charge is -2.18. The zero-order valence-corrected chi connectivity index (χ0v) is 44.3. The van der Waals surface area contributed by atoms with Gasteiger partial charge in [-0.05, 0) is 96.3 Å². The summed E-state index contributed by atoms with van der Waals surface area (Å²) in [6.45, 7) is 6.46. The Hall–Kier alpha value is -3.67. The second kappa shape index (κ2) is 55.9. The smallest absolute Gasteiger partial charge is 0.306 e. The molecule has 0 N–H and O–H groups in total. The van der Waals surface area contributed by atoms with Gasteiger partial charge in [-0.3, -0.25) is 14.4 Å². The van der Waals surface area contributed by atoms with Gasteiger partial charge in [0.1, 0.15) is 13.2 Å². The van der Waals surface area contributed by atoms with Gasteiger partial charge in [0.25, 0.3) is 0 Å². The topological polar surface area (TPSA) is 78.9 Å². The number of carbonyl (C=O) groups excluding carboxylic acids is 3. The summed E-state index contributed by atoms with van der Waals surface area (Å²) in [7, 11) is 0. The van der Waals surface area contributed by atoms with E-state index in [0.717, 1.165) is 96.3 Å². The Kier molecular flexibility index (Phi) is 52.9. The predicted octanol–water partition coefficient (Wildman–Crippen LogP) is 18.9. The van der Waals surface area contributed by atoms with Crippen molar-refractivity contribution in [1.82, 2.24) is 0 Å². The highest BCUT2D eigenvalue weighted by Gasteiger charge is 2.19. The lowest BCUT2D eigenvalue weighted by Crippen LogP contribution is -2.30. The maximum atomic E-state index is 12.8. The van der Waals surface area contributed by atoms with E-state index in [4.69, 9.17) is 14.2 Å². The quantitative estimate of drug-likeness (QED) is 0.0262. The van der Waals surface area contributed by atoms with E-state index in [1.165, 1.54) is 116 Å². The molecule has 0 aliphatic heterocycles. The maximum absolute atomic E-state index is 12.8. The minimum atomic E-state index is -0.803. The van der Waals surface area contributed by atoms with Crippen LogP contribution in [0.2, 0.25) is 0 Å². The highest BCUT2D eigenvalue weighted by molar-refractivity contribution is 5.71. The standard InChI is InChI=1S/C62H104O6/c1-4-7-10-13-16-19-22-25-27-28-29-30-31-32-33-34-35-38-40-43-46-49-52-55-61(64)67-58-59(57-66-60(63)54-51-48-45-42-39-36-24-21-18-15-12-9-6-3)68-62(65)56-53-50-47-44-41-37-26-23-20-17-14-11-8-5-2/h7,10,16,19,21,24-25,27,29-30,32-33,35,38,43,46,59H,4-6,8-9,11-15,17-18,20,22-23,26,28,31,34,36-37,39-42,44-45,47-58H2,1-3H3/b10-7-,19-16-,24-21-,27-25-,30-29-,33-32-,38-35-,46-43-. The molecule has 0 saturated carbocycles. The van der Waals surface area contributed by atoms with E-state index in [1.807, 2.05) is 0 Å². The SMILES string of the molecule is CC/C=C\C/C=C\C/C=C\C/C=C\C/C=C\C/C=C\C/C=C\CCCC(=O)OCC(COC(=O)CCCCCCC/C=C\CCCCCC)OC(=O)CCCCCCCCCCCCCCCC. The fraction of sp³-hybridized carbons (Fsp3) is 0.694. The molecule has 6 nitrogen and oxygen atoms in total. The second-order valence-corrected chi connectivity index (χ2v) is 18.5. The Morgan fingerprint density at radius 2 is 0.588 bits per heavy atom. The van der Waals surface area contributed by atoms with Gasteiger partial charge in [0.15, 0.2) is 6.10 Å². The Labute approximate surface area is 419 Å². The molecule has 0 fully saturated rings. The van der Waals surface area contributed by atoms with Crippen molar-refractivity contribution in [2.75, 3.05) is 13.2 Å². The van der Waals surface area contributed by atoms with Crippen LogP contribution in [0.5, 0.6) is 0 Å². The fourth-order valence-corrected chi connectivity index (χ4v) is 7.60. The average Bonchev–Trinajstić information content (AvgIpc) is 3.34. The Balaban J connectivity index is 4.46. The van der Waals surface area contributed by atoms with E-state index in [9.17, 15) is 14.4 Å². The highest BCUT2D eigenvalue weighted by atomic mass is 16.6. The maximum Gasteiger partial charge on any atom is 0.306 e. The summed E-state index contributed by atoms with van der Waals surface area (Å²) < 4.78 is 16.8. The van der Waals surface area contributed by atoms with Gasteiger partial charge in [-0.15, -0.1) is 0 Å². The van der Waals surface area contributed by atoms with Gasteiger partial charge in [-0.1, -0.05) is 240 Å². The number of ether oxygens (including phenoxy) is 3. The van der Waals surface area contributed by atoms with E-state index >= 15 is 0 Å². The van der Waals surface area contributed by atoms with Crippen molar-refractivity contribution in [3.63, 3.8) is 0 Å². The third-order valence-corrected chi connectivity index (χ3v) is 11.8.